The van der Waals surface area contributed by atoms with Crippen LogP contribution < -0.4 is 10.8 Å². The summed E-state index contributed by atoms with van der Waals surface area (Å²) in [6.45, 7) is 7.80. The first-order valence-corrected chi connectivity index (χ1v) is 6.10. The number of nitrogens with one attached hydrogen (secondary N) is 1. The van der Waals surface area contributed by atoms with E-state index in [4.69, 9.17) is 9.31 Å². The van der Waals surface area contributed by atoms with Crippen LogP contribution in [0.3, 0.4) is 0 Å². The summed E-state index contributed by atoms with van der Waals surface area (Å²) in [4.78, 5) is 0. The van der Waals surface area contributed by atoms with E-state index in [1.54, 1.807) is 25.2 Å². The van der Waals surface area contributed by atoms with Gasteiger partial charge >= 0.3 is 7.12 Å². The minimum absolute atomic E-state index is 0.321. The second-order valence-corrected chi connectivity index (χ2v) is 5.55. The Balaban J connectivity index is 2.35. The molecule has 0 bridgehead atoms. The molecule has 0 radical (unpaired) electrons. The summed E-state index contributed by atoms with van der Waals surface area (Å²) >= 11 is 0. The van der Waals surface area contributed by atoms with Crippen molar-refractivity contribution >= 4 is 18.3 Å². The first-order chi connectivity index (χ1) is 8.28. The number of hydrogen-bond donors (Lipinski definition) is 1. The second-order valence-electron chi connectivity index (χ2n) is 5.55. The predicted molar refractivity (Wildman–Crippen MR) is 71.7 cm³/mol. The Labute approximate surface area is 108 Å². The van der Waals surface area contributed by atoms with E-state index in [0.29, 0.717) is 11.2 Å². The molecule has 1 fully saturated rings. The van der Waals surface area contributed by atoms with Crippen molar-refractivity contribution in [1.29, 1.82) is 0 Å². The lowest BCUT2D eigenvalue weighted by atomic mass is 9.78. The fourth-order valence-corrected chi connectivity index (χ4v) is 1.89. The van der Waals surface area contributed by atoms with Gasteiger partial charge in [-0.05, 0) is 33.8 Å². The number of halogens is 1. The van der Waals surface area contributed by atoms with Crippen LogP contribution >= 0.6 is 0 Å². The highest BCUT2D eigenvalue weighted by Gasteiger charge is 2.52. The average Bonchev–Trinajstić information content (AvgIpc) is 2.48. The first-order valence-electron chi connectivity index (χ1n) is 6.10. The molecule has 1 aliphatic rings. The summed E-state index contributed by atoms with van der Waals surface area (Å²) in [6.07, 6.45) is 0. The van der Waals surface area contributed by atoms with Gasteiger partial charge in [0.15, 0.2) is 0 Å². The Bertz CT molecular complexity index is 446. The van der Waals surface area contributed by atoms with E-state index < -0.39 is 18.3 Å². The summed E-state index contributed by atoms with van der Waals surface area (Å²) in [5, 5.41) is 2.81. The third-order valence-corrected chi connectivity index (χ3v) is 3.81. The Morgan fingerprint density at radius 3 is 2.17 bits per heavy atom. The van der Waals surface area contributed by atoms with Gasteiger partial charge in [0.2, 0.25) is 0 Å². The van der Waals surface area contributed by atoms with Crippen LogP contribution in [-0.4, -0.2) is 25.4 Å². The number of rotatable bonds is 2. The van der Waals surface area contributed by atoms with Crippen LogP contribution in [0, 0.1) is 5.82 Å². The molecule has 18 heavy (non-hydrogen) atoms. The molecule has 1 aromatic carbocycles. The summed E-state index contributed by atoms with van der Waals surface area (Å²) in [6, 6.07) is 5.16. The van der Waals surface area contributed by atoms with E-state index >= 15 is 0 Å². The van der Waals surface area contributed by atoms with Gasteiger partial charge in [0, 0.05) is 12.5 Å². The van der Waals surface area contributed by atoms with Crippen molar-refractivity contribution in [2.45, 2.75) is 38.9 Å². The van der Waals surface area contributed by atoms with Crippen molar-refractivity contribution < 1.29 is 13.7 Å². The van der Waals surface area contributed by atoms with E-state index in [9.17, 15) is 4.39 Å². The van der Waals surface area contributed by atoms with Crippen molar-refractivity contribution in [3.63, 3.8) is 0 Å². The van der Waals surface area contributed by atoms with E-state index in [1.807, 2.05) is 27.7 Å². The lowest BCUT2D eigenvalue weighted by Crippen LogP contribution is -2.41. The molecule has 0 amide bonds. The lowest BCUT2D eigenvalue weighted by Gasteiger charge is -2.32. The summed E-state index contributed by atoms with van der Waals surface area (Å²) in [5.74, 6) is -0.321. The van der Waals surface area contributed by atoms with Gasteiger partial charge in [0.25, 0.3) is 0 Å². The highest BCUT2D eigenvalue weighted by atomic mass is 19.1. The maximum atomic E-state index is 14.2. The molecular formula is C13H19BFNO2. The Kier molecular flexibility index (Phi) is 3.15. The maximum Gasteiger partial charge on any atom is 0.497 e. The SMILES string of the molecule is CNc1cccc(B2OC(C)(C)C(C)(C)O2)c1F. The fraction of sp³-hybridized carbons (Fsp3) is 0.538. The molecule has 5 heteroatoms. The summed E-state index contributed by atoms with van der Waals surface area (Å²) in [5.41, 5.74) is -0.0396. The number of hydrogen-bond acceptors (Lipinski definition) is 3. The van der Waals surface area contributed by atoms with Gasteiger partial charge in [-0.15, -0.1) is 0 Å². The maximum absolute atomic E-state index is 14.2. The molecule has 98 valence electrons. The first kappa shape index (κ1) is 13.4. The highest BCUT2D eigenvalue weighted by Crippen LogP contribution is 2.36. The van der Waals surface area contributed by atoms with Gasteiger partial charge in [-0.1, -0.05) is 12.1 Å². The van der Waals surface area contributed by atoms with E-state index in [-0.39, 0.29) is 5.82 Å². The molecule has 2 rings (SSSR count). The van der Waals surface area contributed by atoms with Crippen molar-refractivity contribution in [2.24, 2.45) is 0 Å². The third kappa shape index (κ3) is 2.02. The largest absolute Gasteiger partial charge is 0.497 e. The second kappa shape index (κ2) is 4.25. The number of benzene rings is 1. The molecule has 1 saturated heterocycles. The Hall–Kier alpha value is -1.07. The standard InChI is InChI=1S/C13H19BFNO2/c1-12(2)13(3,4)18-14(17-12)9-7-6-8-10(16-5)11(9)15/h6-8,16H,1-5H3. The smallest absolute Gasteiger partial charge is 0.399 e. The molecule has 0 unspecified atom stereocenters. The van der Waals surface area contributed by atoms with Gasteiger partial charge < -0.3 is 14.6 Å². The molecule has 1 heterocycles. The van der Waals surface area contributed by atoms with Gasteiger partial charge in [-0.3, -0.25) is 0 Å². The van der Waals surface area contributed by atoms with E-state index in [1.165, 1.54) is 0 Å². The van der Waals surface area contributed by atoms with Crippen LogP contribution in [0.4, 0.5) is 10.1 Å². The molecule has 0 saturated carbocycles. The molecule has 1 N–H and O–H groups in total. The van der Waals surface area contributed by atoms with Crippen LogP contribution in [-0.2, 0) is 9.31 Å². The molecule has 0 aliphatic carbocycles. The van der Waals surface area contributed by atoms with Gasteiger partial charge in [0.1, 0.15) is 5.82 Å². The third-order valence-electron chi connectivity index (χ3n) is 3.81. The zero-order chi connectivity index (χ0) is 13.6. The summed E-state index contributed by atoms with van der Waals surface area (Å²) in [7, 11) is 1.02. The minimum Gasteiger partial charge on any atom is -0.399 e. The van der Waals surface area contributed by atoms with E-state index in [0.717, 1.165) is 0 Å². The van der Waals surface area contributed by atoms with E-state index in [2.05, 4.69) is 5.32 Å². The Morgan fingerprint density at radius 2 is 1.67 bits per heavy atom. The van der Waals surface area contributed by atoms with Crippen molar-refractivity contribution in [2.75, 3.05) is 12.4 Å². The van der Waals surface area contributed by atoms with Crippen LogP contribution in [0.15, 0.2) is 18.2 Å². The molecule has 0 aromatic heterocycles. The highest BCUT2D eigenvalue weighted by molar-refractivity contribution is 6.62. The normalized spacial score (nSPS) is 21.1. The molecule has 0 atom stereocenters. The molecule has 1 aromatic rings. The van der Waals surface area contributed by atoms with Crippen LogP contribution in [0.2, 0.25) is 0 Å². The monoisotopic (exact) mass is 251 g/mol. The quantitative estimate of drug-likeness (QED) is 0.817. The van der Waals surface area contributed by atoms with Crippen molar-refractivity contribution in [3.05, 3.63) is 24.0 Å². The molecule has 3 nitrogen and oxygen atoms in total. The van der Waals surface area contributed by atoms with Crippen molar-refractivity contribution in [3.8, 4) is 0 Å². The Morgan fingerprint density at radius 1 is 1.11 bits per heavy atom. The van der Waals surface area contributed by atoms with Crippen LogP contribution in [0.5, 0.6) is 0 Å². The number of anilines is 1. The van der Waals surface area contributed by atoms with Gasteiger partial charge in [-0.2, -0.15) is 0 Å². The van der Waals surface area contributed by atoms with Gasteiger partial charge in [0.05, 0.1) is 16.9 Å². The van der Waals surface area contributed by atoms with Crippen LogP contribution in [0.1, 0.15) is 27.7 Å². The minimum atomic E-state index is -0.664. The fourth-order valence-electron chi connectivity index (χ4n) is 1.89. The topological polar surface area (TPSA) is 30.5 Å². The average molecular weight is 251 g/mol. The zero-order valence-corrected chi connectivity index (χ0v) is 11.5. The molecule has 1 aliphatic heterocycles. The van der Waals surface area contributed by atoms with Crippen molar-refractivity contribution in [1.82, 2.24) is 0 Å². The lowest BCUT2D eigenvalue weighted by molar-refractivity contribution is 0.00578. The van der Waals surface area contributed by atoms with Crippen LogP contribution in [0.25, 0.3) is 0 Å². The molecule has 0 spiro atoms. The predicted octanol–water partition coefficient (Wildman–Crippen LogP) is 2.17. The zero-order valence-electron chi connectivity index (χ0n) is 11.5. The summed E-state index contributed by atoms with van der Waals surface area (Å²) < 4.78 is 25.9. The van der Waals surface area contributed by atoms with Gasteiger partial charge in [-0.25, -0.2) is 4.39 Å². The molecular weight excluding hydrogens is 232 g/mol.